The first-order valence-corrected chi connectivity index (χ1v) is 12.5. The summed E-state index contributed by atoms with van der Waals surface area (Å²) in [7, 11) is 1.40. The number of halogens is 6. The number of carbonyl (C=O) groups is 2. The van der Waals surface area contributed by atoms with Crippen LogP contribution in [0.25, 0.3) is 0 Å². The topological polar surface area (TPSA) is 82.4 Å². The van der Waals surface area contributed by atoms with Crippen molar-refractivity contribution in [1.29, 1.82) is 5.26 Å². The fraction of sp³-hybridized carbons (Fsp3) is 0.400. The molecule has 2 aliphatic rings. The second-order valence-corrected chi connectivity index (χ2v) is 9.90. The van der Waals surface area contributed by atoms with Crippen molar-refractivity contribution in [2.24, 2.45) is 0 Å². The molecule has 2 amide bonds. The molecule has 38 heavy (non-hydrogen) atoms. The van der Waals surface area contributed by atoms with Gasteiger partial charge in [-0.2, -0.15) is 31.6 Å². The number of fused-ring (bicyclic) bond motifs is 1. The van der Waals surface area contributed by atoms with Crippen LogP contribution in [0.4, 0.5) is 32.0 Å². The van der Waals surface area contributed by atoms with Crippen LogP contribution in [-0.2, 0) is 26.3 Å². The highest BCUT2D eigenvalue weighted by molar-refractivity contribution is 7.98. The number of anilines is 1. The molecule has 1 heterocycles. The minimum Gasteiger partial charge on any atom is -0.368 e. The van der Waals surface area contributed by atoms with Crippen molar-refractivity contribution in [3.05, 3.63) is 59.2 Å². The van der Waals surface area contributed by atoms with Gasteiger partial charge in [0, 0.05) is 24.2 Å². The SMILES string of the molecule is COC1(C(=O)N2Cc3cc(SC)ccc3C2C(=O)Nc2ccc(C(C#N)(C(F)(F)F)C(F)(F)F)cc2)CC1. The minimum atomic E-state index is -5.94. The van der Waals surface area contributed by atoms with Crippen LogP contribution in [0.2, 0.25) is 0 Å². The number of thioether (sulfide) groups is 1. The van der Waals surface area contributed by atoms with Crippen LogP contribution in [0.15, 0.2) is 47.4 Å². The Morgan fingerprint density at radius 3 is 2.16 bits per heavy atom. The lowest BCUT2D eigenvalue weighted by Crippen LogP contribution is -2.52. The highest BCUT2D eigenvalue weighted by Crippen LogP contribution is 2.52. The van der Waals surface area contributed by atoms with Crippen LogP contribution in [-0.4, -0.2) is 48.0 Å². The average Bonchev–Trinajstić information content (AvgIpc) is 3.56. The van der Waals surface area contributed by atoms with E-state index in [1.807, 2.05) is 12.3 Å². The molecular formula is C25H21F6N3O3S. The van der Waals surface area contributed by atoms with E-state index in [-0.39, 0.29) is 18.1 Å². The first-order chi connectivity index (χ1) is 17.7. The van der Waals surface area contributed by atoms with Crippen molar-refractivity contribution in [2.45, 2.75) is 53.7 Å². The van der Waals surface area contributed by atoms with Crippen molar-refractivity contribution in [2.75, 3.05) is 18.7 Å². The summed E-state index contributed by atoms with van der Waals surface area (Å²) in [6.45, 7) is 0.132. The predicted molar refractivity (Wildman–Crippen MR) is 125 cm³/mol. The highest BCUT2D eigenvalue weighted by atomic mass is 32.2. The molecule has 0 bridgehead atoms. The van der Waals surface area contributed by atoms with Gasteiger partial charge >= 0.3 is 12.4 Å². The highest BCUT2D eigenvalue weighted by Gasteiger charge is 2.72. The number of methoxy groups -OCH3 is 1. The normalized spacial score (nSPS) is 18.5. The van der Waals surface area contributed by atoms with Crippen molar-refractivity contribution in [3.63, 3.8) is 0 Å². The minimum absolute atomic E-state index is 0.107. The van der Waals surface area contributed by atoms with Gasteiger partial charge in [-0.15, -0.1) is 11.8 Å². The van der Waals surface area contributed by atoms with E-state index in [1.165, 1.54) is 23.8 Å². The van der Waals surface area contributed by atoms with Crippen molar-refractivity contribution in [1.82, 2.24) is 4.90 Å². The Kier molecular flexibility index (Phi) is 6.95. The molecule has 0 aromatic heterocycles. The molecule has 0 saturated heterocycles. The fourth-order valence-electron chi connectivity index (χ4n) is 4.60. The third-order valence-corrected chi connectivity index (χ3v) is 7.62. The molecule has 2 aromatic carbocycles. The summed E-state index contributed by atoms with van der Waals surface area (Å²) in [6.07, 6.45) is -9.03. The largest absolute Gasteiger partial charge is 0.420 e. The summed E-state index contributed by atoms with van der Waals surface area (Å²) in [6, 6.07) is 7.35. The molecule has 2 aromatic rings. The molecule has 1 fully saturated rings. The van der Waals surface area contributed by atoms with E-state index < -0.39 is 40.9 Å². The summed E-state index contributed by atoms with van der Waals surface area (Å²) in [5.74, 6) is -1.08. The van der Waals surface area contributed by atoms with Crippen LogP contribution in [0.3, 0.4) is 0 Å². The lowest BCUT2D eigenvalue weighted by atomic mass is 9.80. The number of carbonyl (C=O) groups excluding carboxylic acids is 2. The van der Waals surface area contributed by atoms with Gasteiger partial charge in [0.15, 0.2) is 0 Å². The molecule has 0 spiro atoms. The Morgan fingerprint density at radius 2 is 1.68 bits per heavy atom. The molecule has 202 valence electrons. The molecule has 4 rings (SSSR count). The van der Waals surface area contributed by atoms with E-state index in [1.54, 1.807) is 12.1 Å². The first-order valence-electron chi connectivity index (χ1n) is 11.2. The van der Waals surface area contributed by atoms with Crippen LogP contribution in [0, 0.1) is 11.3 Å². The van der Waals surface area contributed by atoms with Gasteiger partial charge in [0.25, 0.3) is 17.2 Å². The van der Waals surface area contributed by atoms with Crippen molar-refractivity contribution >= 4 is 29.3 Å². The third-order valence-electron chi connectivity index (χ3n) is 6.89. The molecule has 1 unspecified atom stereocenters. The van der Waals surface area contributed by atoms with Gasteiger partial charge in [-0.3, -0.25) is 9.59 Å². The zero-order valence-corrected chi connectivity index (χ0v) is 20.9. The Hall–Kier alpha value is -3.24. The molecule has 1 aliphatic carbocycles. The van der Waals surface area contributed by atoms with Gasteiger partial charge in [-0.25, -0.2) is 0 Å². The number of nitrogens with zero attached hydrogens (tertiary/aromatic N) is 2. The monoisotopic (exact) mass is 557 g/mol. The summed E-state index contributed by atoms with van der Waals surface area (Å²) in [4.78, 5) is 29.0. The number of nitrogens with one attached hydrogen (secondary N) is 1. The van der Waals surface area contributed by atoms with Crippen LogP contribution >= 0.6 is 11.8 Å². The summed E-state index contributed by atoms with van der Waals surface area (Å²) < 4.78 is 86.1. The van der Waals surface area contributed by atoms with Crippen LogP contribution in [0.1, 0.15) is 35.6 Å². The van der Waals surface area contributed by atoms with Crippen LogP contribution in [0.5, 0.6) is 0 Å². The fourth-order valence-corrected chi connectivity index (χ4v) is 5.07. The molecule has 13 heteroatoms. The summed E-state index contributed by atoms with van der Waals surface area (Å²) >= 11 is 1.48. The average molecular weight is 558 g/mol. The standard InChI is InChI=1S/C25H21F6N3O3S/c1-37-22(9-10-22)21(36)34-12-14-11-17(38-2)7-8-18(14)19(34)20(35)33-16-5-3-15(4-6-16)23(13-32,24(26,27)28)25(29,30)31/h3-8,11,19H,9-10,12H2,1-2H3,(H,33,35). The number of amides is 2. The second-order valence-electron chi connectivity index (χ2n) is 9.02. The molecule has 1 atom stereocenters. The van der Waals surface area contributed by atoms with Crippen molar-refractivity contribution in [3.8, 4) is 6.07 Å². The molecule has 6 nitrogen and oxygen atoms in total. The Labute approximate surface area is 217 Å². The maximum Gasteiger partial charge on any atom is 0.420 e. The predicted octanol–water partition coefficient (Wildman–Crippen LogP) is 5.50. The van der Waals surface area contributed by atoms with E-state index in [9.17, 15) is 35.9 Å². The van der Waals surface area contributed by atoms with E-state index in [4.69, 9.17) is 10.00 Å². The lowest BCUT2D eigenvalue weighted by molar-refractivity contribution is -0.283. The van der Waals surface area contributed by atoms with Gasteiger partial charge < -0.3 is 15.0 Å². The molecule has 0 radical (unpaired) electrons. The second kappa shape index (κ2) is 9.50. The zero-order valence-electron chi connectivity index (χ0n) is 20.0. The van der Waals surface area contributed by atoms with Gasteiger partial charge in [-0.05, 0) is 60.1 Å². The van der Waals surface area contributed by atoms with Gasteiger partial charge in [-0.1, -0.05) is 18.2 Å². The number of nitriles is 1. The zero-order chi connectivity index (χ0) is 28.1. The number of hydrogen-bond acceptors (Lipinski definition) is 5. The lowest BCUT2D eigenvalue weighted by Gasteiger charge is -2.31. The molecule has 1 aliphatic heterocycles. The maximum absolute atomic E-state index is 13.5. The number of rotatable bonds is 6. The van der Waals surface area contributed by atoms with E-state index >= 15 is 0 Å². The molecule has 1 N–H and O–H groups in total. The summed E-state index contributed by atoms with van der Waals surface area (Å²) in [5.41, 5.74) is -5.91. The quantitative estimate of drug-likeness (QED) is 0.375. The Balaban J connectivity index is 1.65. The molecule has 1 saturated carbocycles. The maximum atomic E-state index is 13.5. The first kappa shape index (κ1) is 27.8. The number of alkyl halides is 6. The third kappa shape index (κ3) is 4.39. The number of ether oxygens (including phenoxy) is 1. The molecular weight excluding hydrogens is 536 g/mol. The van der Waals surface area contributed by atoms with E-state index in [2.05, 4.69) is 5.32 Å². The summed E-state index contributed by atoms with van der Waals surface area (Å²) in [5, 5.41) is 11.4. The van der Waals surface area contributed by atoms with E-state index in [0.29, 0.717) is 36.6 Å². The van der Waals surface area contributed by atoms with Gasteiger partial charge in [0.05, 0.1) is 6.07 Å². The Bertz CT molecular complexity index is 1290. The smallest absolute Gasteiger partial charge is 0.368 e. The Morgan fingerprint density at radius 1 is 1.08 bits per heavy atom. The van der Waals surface area contributed by atoms with Crippen LogP contribution < -0.4 is 5.32 Å². The van der Waals surface area contributed by atoms with Gasteiger partial charge in [0.1, 0.15) is 11.6 Å². The van der Waals surface area contributed by atoms with Gasteiger partial charge in [0.2, 0.25) is 0 Å². The van der Waals surface area contributed by atoms with Crippen molar-refractivity contribution < 1.29 is 40.7 Å². The number of benzene rings is 2. The van der Waals surface area contributed by atoms with E-state index in [0.717, 1.165) is 22.6 Å². The number of hydrogen-bond donors (Lipinski definition) is 1.